The fraction of sp³-hybridized carbons (Fsp3) is 0.304. The highest BCUT2D eigenvalue weighted by Crippen LogP contribution is 2.26. The normalized spacial score (nSPS) is 13.2. The number of nitrogens with zero attached hydrogens (tertiary/aromatic N) is 3. The van der Waals surface area contributed by atoms with Gasteiger partial charge in [0.05, 0.1) is 17.7 Å². The van der Waals surface area contributed by atoms with Crippen molar-refractivity contribution in [1.82, 2.24) is 14.5 Å². The predicted molar refractivity (Wildman–Crippen MR) is 119 cm³/mol. The van der Waals surface area contributed by atoms with Crippen LogP contribution in [-0.2, 0) is 24.3 Å². The summed E-state index contributed by atoms with van der Waals surface area (Å²) in [5.74, 6) is -0.490. The van der Waals surface area contributed by atoms with Crippen molar-refractivity contribution in [1.29, 1.82) is 0 Å². The van der Waals surface area contributed by atoms with E-state index in [9.17, 15) is 14.4 Å². The van der Waals surface area contributed by atoms with Gasteiger partial charge in [0.15, 0.2) is 0 Å². The third-order valence-corrected chi connectivity index (χ3v) is 6.43. The van der Waals surface area contributed by atoms with Gasteiger partial charge in [0, 0.05) is 44.0 Å². The van der Waals surface area contributed by atoms with E-state index in [0.717, 1.165) is 5.56 Å². The molecular weight excluding hydrogens is 430 g/mol. The molecule has 0 N–H and O–H groups in total. The van der Waals surface area contributed by atoms with Crippen molar-refractivity contribution in [3.05, 3.63) is 79.7 Å². The van der Waals surface area contributed by atoms with E-state index in [1.165, 1.54) is 29.1 Å². The summed E-state index contributed by atoms with van der Waals surface area (Å²) < 4.78 is 12.4. The average Bonchev–Trinajstić information content (AvgIpc) is 3.11. The Morgan fingerprint density at radius 3 is 2.72 bits per heavy atom. The average molecular weight is 454 g/mol. The SMILES string of the molecule is COC(=O)c1c(OCc2ccccn2)cc(=O)n2c1CCN(C(=O)c1sccc1C)CC2. The number of rotatable bonds is 5. The fourth-order valence-electron chi connectivity index (χ4n) is 3.76. The second-order valence-electron chi connectivity index (χ2n) is 7.40. The first kappa shape index (κ1) is 21.8. The minimum Gasteiger partial charge on any atom is -0.486 e. The van der Waals surface area contributed by atoms with Gasteiger partial charge >= 0.3 is 5.97 Å². The van der Waals surface area contributed by atoms with Crippen LogP contribution in [0.2, 0.25) is 0 Å². The van der Waals surface area contributed by atoms with Gasteiger partial charge < -0.3 is 18.9 Å². The molecule has 1 amide bonds. The number of esters is 1. The standard InChI is InChI=1S/C23H23N3O5S/c1-15-7-12-32-21(15)22(28)25-9-6-17-20(23(29)30-2)18(13-19(27)26(17)11-10-25)31-14-16-5-3-4-8-24-16/h3-5,7-8,12-13H,6,9-11,14H2,1-2H3. The van der Waals surface area contributed by atoms with Crippen molar-refractivity contribution in [2.75, 3.05) is 20.2 Å². The van der Waals surface area contributed by atoms with Gasteiger partial charge in [-0.3, -0.25) is 14.6 Å². The van der Waals surface area contributed by atoms with Gasteiger partial charge in [0.2, 0.25) is 0 Å². The van der Waals surface area contributed by atoms with Crippen LogP contribution in [0, 0.1) is 6.92 Å². The van der Waals surface area contributed by atoms with Gasteiger partial charge in [-0.1, -0.05) is 6.07 Å². The number of hydrogen-bond donors (Lipinski definition) is 0. The van der Waals surface area contributed by atoms with Crippen LogP contribution in [0.5, 0.6) is 5.75 Å². The van der Waals surface area contributed by atoms with Crippen LogP contribution in [0.15, 0.2) is 46.7 Å². The fourth-order valence-corrected chi connectivity index (χ4v) is 4.65. The zero-order valence-electron chi connectivity index (χ0n) is 17.9. The van der Waals surface area contributed by atoms with Crippen LogP contribution in [0.4, 0.5) is 0 Å². The molecule has 4 heterocycles. The number of hydrogen-bond acceptors (Lipinski definition) is 7. The van der Waals surface area contributed by atoms with Crippen molar-refractivity contribution in [2.24, 2.45) is 0 Å². The van der Waals surface area contributed by atoms with Gasteiger partial charge in [0.1, 0.15) is 17.9 Å². The predicted octanol–water partition coefficient (Wildman–Crippen LogP) is 2.68. The number of methoxy groups -OCH3 is 1. The minimum absolute atomic E-state index is 0.0652. The Kier molecular flexibility index (Phi) is 6.36. The summed E-state index contributed by atoms with van der Waals surface area (Å²) in [5.41, 5.74) is 2.04. The molecule has 0 aromatic carbocycles. The maximum Gasteiger partial charge on any atom is 0.343 e. The molecule has 0 saturated heterocycles. The number of ether oxygens (including phenoxy) is 2. The Bertz CT molecular complexity index is 1200. The van der Waals surface area contributed by atoms with Crippen LogP contribution >= 0.6 is 11.3 Å². The molecule has 9 heteroatoms. The van der Waals surface area contributed by atoms with Crippen molar-refractivity contribution in [3.8, 4) is 5.75 Å². The summed E-state index contributed by atoms with van der Waals surface area (Å²) in [4.78, 5) is 45.2. The summed E-state index contributed by atoms with van der Waals surface area (Å²) in [6.45, 7) is 3.05. The van der Waals surface area contributed by atoms with Gasteiger partial charge in [0.25, 0.3) is 11.5 Å². The highest BCUT2D eigenvalue weighted by atomic mass is 32.1. The first-order valence-electron chi connectivity index (χ1n) is 10.2. The number of aromatic nitrogens is 2. The van der Waals surface area contributed by atoms with Crippen molar-refractivity contribution in [2.45, 2.75) is 26.5 Å². The smallest absolute Gasteiger partial charge is 0.343 e. The lowest BCUT2D eigenvalue weighted by Crippen LogP contribution is -2.34. The summed E-state index contributed by atoms with van der Waals surface area (Å²) >= 11 is 1.40. The summed E-state index contributed by atoms with van der Waals surface area (Å²) in [6, 6.07) is 8.64. The molecule has 166 valence electrons. The Morgan fingerprint density at radius 1 is 1.19 bits per heavy atom. The topological polar surface area (TPSA) is 90.7 Å². The Labute approximate surface area is 189 Å². The Morgan fingerprint density at radius 2 is 2.03 bits per heavy atom. The summed E-state index contributed by atoms with van der Waals surface area (Å²) in [5, 5.41) is 1.89. The van der Waals surface area contributed by atoms with Crippen molar-refractivity contribution < 1.29 is 19.1 Å². The lowest BCUT2D eigenvalue weighted by Gasteiger charge is -2.19. The number of aryl methyl sites for hydroxylation is 1. The van der Waals surface area contributed by atoms with Crippen LogP contribution in [0.1, 0.15) is 37.0 Å². The third-order valence-electron chi connectivity index (χ3n) is 5.43. The van der Waals surface area contributed by atoms with E-state index in [4.69, 9.17) is 9.47 Å². The number of pyridine rings is 2. The van der Waals surface area contributed by atoms with E-state index in [0.29, 0.717) is 35.8 Å². The minimum atomic E-state index is -0.585. The molecule has 8 nitrogen and oxygen atoms in total. The molecule has 32 heavy (non-hydrogen) atoms. The van der Waals surface area contributed by atoms with Gasteiger partial charge in [-0.2, -0.15) is 0 Å². The maximum absolute atomic E-state index is 13.0. The van der Waals surface area contributed by atoms with Gasteiger partial charge in [-0.25, -0.2) is 4.79 Å². The number of fused-ring (bicyclic) bond motifs is 1. The molecule has 0 atom stereocenters. The van der Waals surface area contributed by atoms with Gasteiger partial charge in [-0.15, -0.1) is 11.3 Å². The van der Waals surface area contributed by atoms with E-state index in [2.05, 4.69) is 4.98 Å². The van der Waals surface area contributed by atoms with E-state index >= 15 is 0 Å². The monoisotopic (exact) mass is 453 g/mol. The highest BCUT2D eigenvalue weighted by Gasteiger charge is 2.28. The lowest BCUT2D eigenvalue weighted by atomic mass is 10.1. The zero-order valence-corrected chi connectivity index (χ0v) is 18.7. The third kappa shape index (κ3) is 4.29. The molecule has 0 radical (unpaired) electrons. The molecule has 3 aromatic rings. The van der Waals surface area contributed by atoms with Crippen LogP contribution in [-0.4, -0.2) is 46.5 Å². The van der Waals surface area contributed by atoms with Crippen molar-refractivity contribution >= 4 is 23.2 Å². The molecule has 0 aliphatic carbocycles. The Balaban J connectivity index is 1.65. The second kappa shape index (κ2) is 9.35. The second-order valence-corrected chi connectivity index (χ2v) is 8.31. The molecular formula is C23H23N3O5S. The molecule has 1 aliphatic heterocycles. The number of carbonyl (C=O) groups is 2. The van der Waals surface area contributed by atoms with E-state index in [1.807, 2.05) is 24.4 Å². The Hall–Kier alpha value is -3.46. The van der Waals surface area contributed by atoms with Gasteiger partial charge in [-0.05, 0) is 36.1 Å². The molecule has 0 saturated carbocycles. The maximum atomic E-state index is 13.0. The number of carbonyl (C=O) groups excluding carboxylic acids is 2. The van der Waals surface area contributed by atoms with Crippen LogP contribution in [0.3, 0.4) is 0 Å². The molecule has 0 unspecified atom stereocenters. The first-order valence-corrected chi connectivity index (χ1v) is 11.1. The first-order chi connectivity index (χ1) is 15.5. The zero-order chi connectivity index (χ0) is 22.7. The molecule has 1 aliphatic rings. The lowest BCUT2D eigenvalue weighted by molar-refractivity contribution is 0.0592. The molecule has 4 rings (SSSR count). The van der Waals surface area contributed by atoms with E-state index in [1.54, 1.807) is 23.2 Å². The molecule has 3 aromatic heterocycles. The molecule has 0 bridgehead atoms. The molecule has 0 spiro atoms. The van der Waals surface area contributed by atoms with Crippen molar-refractivity contribution in [3.63, 3.8) is 0 Å². The number of thiophene rings is 1. The largest absolute Gasteiger partial charge is 0.486 e. The van der Waals surface area contributed by atoms with Crippen LogP contribution < -0.4 is 10.3 Å². The quantitative estimate of drug-likeness (QED) is 0.552. The van der Waals surface area contributed by atoms with E-state index in [-0.39, 0.29) is 35.9 Å². The van der Waals surface area contributed by atoms with E-state index < -0.39 is 5.97 Å². The number of amides is 1. The van der Waals surface area contributed by atoms with Crippen LogP contribution in [0.25, 0.3) is 0 Å². The highest BCUT2D eigenvalue weighted by molar-refractivity contribution is 7.12. The summed E-state index contributed by atoms with van der Waals surface area (Å²) in [7, 11) is 1.29. The molecule has 0 fully saturated rings. The summed E-state index contributed by atoms with van der Waals surface area (Å²) in [6.07, 6.45) is 1.98.